The normalized spacial score (nSPS) is 12.1. The van der Waals surface area contributed by atoms with E-state index in [-0.39, 0.29) is 0 Å². The molecule has 0 aliphatic heterocycles. The highest BCUT2D eigenvalue weighted by atomic mass is 15.1. The van der Waals surface area contributed by atoms with E-state index in [1.807, 2.05) is 0 Å². The Morgan fingerprint density at radius 1 is 0.286 bits per heavy atom. The maximum absolute atomic E-state index is 5.24. The van der Waals surface area contributed by atoms with Crippen LogP contribution in [0.5, 0.6) is 0 Å². The molecule has 14 rings (SSSR count). The second kappa shape index (κ2) is 13.1. The van der Waals surface area contributed by atoms with E-state index in [1.165, 1.54) is 109 Å². The van der Waals surface area contributed by atoms with Gasteiger partial charge in [0.15, 0.2) is 0 Å². The van der Waals surface area contributed by atoms with Gasteiger partial charge in [-0.1, -0.05) is 182 Å². The average molecular weight is 797 g/mol. The standard InChI is InChI=1S/C61H36N2/c1-4-17-37(18-5-1)54-51-36-50-44-26-11-10-25-43(44)46-28-16-29-47(57(46)50)58(51)55(38-19-6-2-7-20-38)60-49-34-33-42(45-27-15-30-48(56(45)49)59(54)60)39-21-14-22-40(35-39)61-62-52-31-12-13-32-53(52)63(61)41-23-8-3-9-24-41/h1-36H. The van der Waals surface area contributed by atoms with Gasteiger partial charge in [-0.25, -0.2) is 4.98 Å². The zero-order chi connectivity index (χ0) is 41.2. The number of rotatable bonds is 5. The molecule has 0 saturated carbocycles. The summed E-state index contributed by atoms with van der Waals surface area (Å²) in [4.78, 5) is 5.24. The van der Waals surface area contributed by atoms with Gasteiger partial charge in [-0.05, 0) is 145 Å². The van der Waals surface area contributed by atoms with E-state index in [2.05, 4.69) is 223 Å². The Bertz CT molecular complexity index is 4110. The van der Waals surface area contributed by atoms with Crippen molar-refractivity contribution < 1.29 is 0 Å². The smallest absolute Gasteiger partial charge is 0.145 e. The minimum atomic E-state index is 0.930. The van der Waals surface area contributed by atoms with Crippen LogP contribution in [0, 0.1) is 0 Å². The van der Waals surface area contributed by atoms with E-state index in [1.54, 1.807) is 0 Å². The van der Waals surface area contributed by atoms with Crippen molar-refractivity contribution in [3.05, 3.63) is 218 Å². The summed E-state index contributed by atoms with van der Waals surface area (Å²) >= 11 is 0. The molecule has 1 heterocycles. The van der Waals surface area contributed by atoms with E-state index in [0.29, 0.717) is 0 Å². The maximum atomic E-state index is 5.24. The van der Waals surface area contributed by atoms with Crippen molar-refractivity contribution in [2.24, 2.45) is 0 Å². The van der Waals surface area contributed by atoms with Crippen LogP contribution in [0.15, 0.2) is 218 Å². The zero-order valence-electron chi connectivity index (χ0n) is 34.2. The monoisotopic (exact) mass is 796 g/mol. The summed E-state index contributed by atoms with van der Waals surface area (Å²) in [5.74, 6) is 0.930. The number of nitrogens with zero attached hydrogens (tertiary/aromatic N) is 2. The molecule has 0 spiro atoms. The van der Waals surface area contributed by atoms with E-state index >= 15 is 0 Å². The Morgan fingerprint density at radius 3 is 1.59 bits per heavy atom. The van der Waals surface area contributed by atoms with Crippen LogP contribution in [-0.2, 0) is 0 Å². The fourth-order valence-corrected chi connectivity index (χ4v) is 11.1. The van der Waals surface area contributed by atoms with Gasteiger partial charge in [-0.15, -0.1) is 0 Å². The first-order valence-electron chi connectivity index (χ1n) is 21.8. The Hall–Kier alpha value is -8.33. The predicted octanol–water partition coefficient (Wildman–Crippen LogP) is 16.6. The van der Waals surface area contributed by atoms with Gasteiger partial charge in [0.1, 0.15) is 5.82 Å². The van der Waals surface area contributed by atoms with Crippen molar-refractivity contribution in [1.82, 2.24) is 9.55 Å². The Balaban J connectivity index is 1.11. The first-order chi connectivity index (χ1) is 31.3. The molecule has 2 nitrogen and oxygen atoms in total. The molecule has 0 unspecified atom stereocenters. The highest BCUT2D eigenvalue weighted by Crippen LogP contribution is 2.55. The highest BCUT2D eigenvalue weighted by Gasteiger charge is 2.27. The second-order valence-electron chi connectivity index (χ2n) is 16.9. The molecule has 0 aliphatic rings. The number of fused-ring (bicyclic) bond motifs is 9. The molecule has 1 aromatic heterocycles. The third kappa shape index (κ3) is 4.81. The SMILES string of the molecule is c1ccc(-c2c3cc4c5ccccc5c5cccc(c3c(-c3ccccc3)c3c6ccc(-c7cccc(-c8nc9ccccc9n8-c8ccccc8)c7)c7cccc(c23)c76)c54)cc1. The van der Waals surface area contributed by atoms with Gasteiger partial charge < -0.3 is 0 Å². The highest BCUT2D eigenvalue weighted by molar-refractivity contribution is 6.45. The van der Waals surface area contributed by atoms with Crippen LogP contribution >= 0.6 is 0 Å². The van der Waals surface area contributed by atoms with Gasteiger partial charge in [-0.3, -0.25) is 4.57 Å². The lowest BCUT2D eigenvalue weighted by atomic mass is 9.84. The van der Waals surface area contributed by atoms with Gasteiger partial charge in [0.05, 0.1) is 11.0 Å². The number of imidazole rings is 1. The summed E-state index contributed by atoms with van der Waals surface area (Å²) in [6.45, 7) is 0. The molecule has 0 amide bonds. The summed E-state index contributed by atoms with van der Waals surface area (Å²) in [5, 5.41) is 18.2. The fourth-order valence-electron chi connectivity index (χ4n) is 11.1. The molecule has 0 aliphatic carbocycles. The van der Waals surface area contributed by atoms with Crippen LogP contribution in [-0.4, -0.2) is 9.55 Å². The number of para-hydroxylation sites is 3. The topological polar surface area (TPSA) is 17.8 Å². The van der Waals surface area contributed by atoms with Crippen LogP contribution in [0.4, 0.5) is 0 Å². The lowest BCUT2D eigenvalue weighted by Gasteiger charge is -2.19. The molecule has 0 bridgehead atoms. The first kappa shape index (κ1) is 34.4. The van der Waals surface area contributed by atoms with Gasteiger partial charge in [0.25, 0.3) is 0 Å². The van der Waals surface area contributed by atoms with Crippen molar-refractivity contribution in [2.75, 3.05) is 0 Å². The summed E-state index contributed by atoms with van der Waals surface area (Å²) in [6, 6.07) is 80.3. The quantitative estimate of drug-likeness (QED) is 0.159. The fraction of sp³-hybridized carbons (Fsp3) is 0. The molecule has 0 fully saturated rings. The maximum Gasteiger partial charge on any atom is 0.145 e. The van der Waals surface area contributed by atoms with Crippen LogP contribution in [0.3, 0.4) is 0 Å². The summed E-state index contributed by atoms with van der Waals surface area (Å²) in [6.07, 6.45) is 0. The Morgan fingerprint density at radius 2 is 0.810 bits per heavy atom. The minimum Gasteiger partial charge on any atom is -0.292 e. The van der Waals surface area contributed by atoms with Crippen molar-refractivity contribution in [2.45, 2.75) is 0 Å². The average Bonchev–Trinajstić information content (AvgIpc) is 4.02. The molecule has 0 saturated heterocycles. The molecule has 63 heavy (non-hydrogen) atoms. The van der Waals surface area contributed by atoms with Gasteiger partial charge >= 0.3 is 0 Å². The lowest BCUT2D eigenvalue weighted by Crippen LogP contribution is -1.97. The van der Waals surface area contributed by atoms with Crippen LogP contribution in [0.25, 0.3) is 137 Å². The van der Waals surface area contributed by atoms with Crippen molar-refractivity contribution in [3.63, 3.8) is 0 Å². The molecule has 0 atom stereocenters. The van der Waals surface area contributed by atoms with Crippen molar-refractivity contribution in [1.29, 1.82) is 0 Å². The largest absolute Gasteiger partial charge is 0.292 e. The molecular formula is C61H36N2. The minimum absolute atomic E-state index is 0.930. The molecule has 0 radical (unpaired) electrons. The predicted molar refractivity (Wildman–Crippen MR) is 268 cm³/mol. The summed E-state index contributed by atoms with van der Waals surface area (Å²) in [5.41, 5.74) is 11.7. The Kier molecular flexibility index (Phi) is 7.14. The summed E-state index contributed by atoms with van der Waals surface area (Å²) in [7, 11) is 0. The molecule has 14 aromatic rings. The van der Waals surface area contributed by atoms with E-state index in [4.69, 9.17) is 4.98 Å². The lowest BCUT2D eigenvalue weighted by molar-refractivity contribution is 1.10. The van der Waals surface area contributed by atoms with Crippen LogP contribution in [0.2, 0.25) is 0 Å². The van der Waals surface area contributed by atoms with E-state index < -0.39 is 0 Å². The van der Waals surface area contributed by atoms with Crippen LogP contribution in [0.1, 0.15) is 0 Å². The van der Waals surface area contributed by atoms with Crippen LogP contribution < -0.4 is 0 Å². The third-order valence-electron chi connectivity index (χ3n) is 13.6. The second-order valence-corrected chi connectivity index (χ2v) is 16.9. The number of benzene rings is 11. The molecule has 2 heteroatoms. The summed E-state index contributed by atoms with van der Waals surface area (Å²) < 4.78 is 2.29. The van der Waals surface area contributed by atoms with Crippen molar-refractivity contribution >= 4 is 86.4 Å². The first-order valence-corrected chi connectivity index (χ1v) is 21.8. The molecular weight excluding hydrogens is 761 g/mol. The zero-order valence-corrected chi connectivity index (χ0v) is 34.2. The van der Waals surface area contributed by atoms with Gasteiger partial charge in [-0.2, -0.15) is 0 Å². The number of hydrogen-bond donors (Lipinski definition) is 0. The third-order valence-corrected chi connectivity index (χ3v) is 13.6. The van der Waals surface area contributed by atoms with Gasteiger partial charge in [0, 0.05) is 11.3 Å². The molecule has 13 aromatic carbocycles. The van der Waals surface area contributed by atoms with Crippen molar-refractivity contribution in [3.8, 4) is 50.5 Å². The van der Waals surface area contributed by atoms with Gasteiger partial charge in [0.2, 0.25) is 0 Å². The number of hydrogen-bond acceptors (Lipinski definition) is 1. The number of aromatic nitrogens is 2. The Labute approximate surface area is 363 Å². The molecule has 290 valence electrons. The molecule has 0 N–H and O–H groups in total. The van der Waals surface area contributed by atoms with E-state index in [0.717, 1.165) is 28.1 Å². The van der Waals surface area contributed by atoms with E-state index in [9.17, 15) is 0 Å².